The van der Waals surface area contributed by atoms with Crippen molar-refractivity contribution in [1.82, 2.24) is 9.55 Å². The van der Waals surface area contributed by atoms with Gasteiger partial charge in [-0.2, -0.15) is 11.8 Å². The number of aromatic nitrogens is 2. The summed E-state index contributed by atoms with van der Waals surface area (Å²) in [7, 11) is 0. The lowest BCUT2D eigenvalue weighted by molar-refractivity contribution is 0.637. The van der Waals surface area contributed by atoms with Gasteiger partial charge in [0, 0.05) is 13.0 Å². The van der Waals surface area contributed by atoms with Gasteiger partial charge in [-0.05, 0) is 18.4 Å². The van der Waals surface area contributed by atoms with E-state index in [1.807, 2.05) is 18.1 Å². The number of anilines is 1. The molecule has 1 aromatic heterocycles. The average Bonchev–Trinajstić information content (AvgIpc) is 2.54. The molecular weight excluding hydrogens is 194 g/mol. The molecule has 1 rings (SSSR count). The fraction of sp³-hybridized carbons (Fsp3) is 0.700. The van der Waals surface area contributed by atoms with Crippen molar-refractivity contribution in [3.63, 3.8) is 0 Å². The van der Waals surface area contributed by atoms with Gasteiger partial charge in [-0.3, -0.25) is 0 Å². The number of aryl methyl sites for hydroxylation is 2. The van der Waals surface area contributed by atoms with Gasteiger partial charge in [0.05, 0.1) is 12.0 Å². The Kier molecular flexibility index (Phi) is 4.87. The summed E-state index contributed by atoms with van der Waals surface area (Å²) in [5.74, 6) is 1.95. The van der Waals surface area contributed by atoms with Crippen LogP contribution in [-0.2, 0) is 13.0 Å². The molecule has 1 aromatic rings. The Bertz CT molecular complexity index is 245. The Hall–Kier alpha value is -0.640. The molecule has 0 bridgehead atoms. The van der Waals surface area contributed by atoms with Crippen LogP contribution >= 0.6 is 11.8 Å². The van der Waals surface area contributed by atoms with E-state index in [2.05, 4.69) is 22.7 Å². The van der Waals surface area contributed by atoms with E-state index in [0.29, 0.717) is 0 Å². The van der Waals surface area contributed by atoms with E-state index in [4.69, 9.17) is 5.73 Å². The second-order valence-corrected chi connectivity index (χ2v) is 4.35. The summed E-state index contributed by atoms with van der Waals surface area (Å²) in [6, 6.07) is 0. The minimum atomic E-state index is 0.854. The van der Waals surface area contributed by atoms with E-state index in [-0.39, 0.29) is 0 Å². The van der Waals surface area contributed by atoms with Gasteiger partial charge in [0.25, 0.3) is 0 Å². The molecule has 0 unspecified atom stereocenters. The predicted molar refractivity (Wildman–Crippen MR) is 63.6 cm³/mol. The van der Waals surface area contributed by atoms with Gasteiger partial charge in [-0.15, -0.1) is 0 Å². The van der Waals surface area contributed by atoms with Crippen molar-refractivity contribution in [2.24, 2.45) is 0 Å². The molecule has 0 spiro atoms. The molecule has 2 N–H and O–H groups in total. The molecule has 0 aliphatic heterocycles. The van der Waals surface area contributed by atoms with Crippen LogP contribution in [0, 0.1) is 0 Å². The standard InChI is InChI=1S/C10H19N3S/c1-3-4-6-13-8-12-9(10(13)11)5-7-14-2/h8H,3-7,11H2,1-2H3. The van der Waals surface area contributed by atoms with Crippen molar-refractivity contribution in [2.45, 2.75) is 32.7 Å². The number of thioether (sulfide) groups is 1. The fourth-order valence-electron chi connectivity index (χ4n) is 1.33. The molecule has 0 amide bonds. The Labute approximate surface area is 90.1 Å². The molecule has 80 valence electrons. The third-order valence-corrected chi connectivity index (χ3v) is 2.87. The molecule has 0 fully saturated rings. The van der Waals surface area contributed by atoms with Crippen molar-refractivity contribution < 1.29 is 0 Å². The number of rotatable bonds is 6. The van der Waals surface area contributed by atoms with Crippen LogP contribution in [0.15, 0.2) is 6.33 Å². The van der Waals surface area contributed by atoms with Gasteiger partial charge >= 0.3 is 0 Å². The second kappa shape index (κ2) is 5.96. The maximum Gasteiger partial charge on any atom is 0.126 e. The quantitative estimate of drug-likeness (QED) is 0.787. The van der Waals surface area contributed by atoms with Crippen molar-refractivity contribution in [3.05, 3.63) is 12.0 Å². The highest BCUT2D eigenvalue weighted by Crippen LogP contribution is 2.13. The molecule has 4 heteroatoms. The van der Waals surface area contributed by atoms with Crippen molar-refractivity contribution >= 4 is 17.6 Å². The summed E-state index contributed by atoms with van der Waals surface area (Å²) in [6.07, 6.45) is 7.30. The normalized spacial score (nSPS) is 10.7. The molecule has 0 atom stereocenters. The minimum Gasteiger partial charge on any atom is -0.384 e. The summed E-state index contributed by atoms with van der Waals surface area (Å²) in [6.45, 7) is 3.18. The van der Waals surface area contributed by atoms with Gasteiger partial charge in [0.1, 0.15) is 5.82 Å². The lowest BCUT2D eigenvalue weighted by atomic mass is 10.3. The predicted octanol–water partition coefficient (Wildman–Crippen LogP) is 2.17. The molecule has 0 aromatic carbocycles. The van der Waals surface area contributed by atoms with Crippen LogP contribution in [0.2, 0.25) is 0 Å². The van der Waals surface area contributed by atoms with Crippen LogP contribution in [0.3, 0.4) is 0 Å². The van der Waals surface area contributed by atoms with Gasteiger partial charge in [0.15, 0.2) is 0 Å². The number of hydrogen-bond donors (Lipinski definition) is 1. The van der Waals surface area contributed by atoms with Gasteiger partial charge in [-0.1, -0.05) is 13.3 Å². The SMILES string of the molecule is CCCCn1cnc(CCSC)c1N. The Morgan fingerprint density at radius 2 is 2.36 bits per heavy atom. The first kappa shape index (κ1) is 11.4. The fourth-order valence-corrected chi connectivity index (χ4v) is 1.73. The third-order valence-electron chi connectivity index (χ3n) is 2.25. The zero-order chi connectivity index (χ0) is 10.4. The number of nitrogens with two attached hydrogens (primary N) is 1. The molecule has 0 saturated carbocycles. The lowest BCUT2D eigenvalue weighted by Gasteiger charge is -2.03. The number of nitrogens with zero attached hydrogens (tertiary/aromatic N) is 2. The highest BCUT2D eigenvalue weighted by atomic mass is 32.2. The first-order chi connectivity index (χ1) is 6.79. The highest BCUT2D eigenvalue weighted by molar-refractivity contribution is 7.98. The van der Waals surface area contributed by atoms with Crippen molar-refractivity contribution in [1.29, 1.82) is 0 Å². The van der Waals surface area contributed by atoms with Gasteiger partial charge in [0.2, 0.25) is 0 Å². The molecule has 3 nitrogen and oxygen atoms in total. The first-order valence-electron chi connectivity index (χ1n) is 5.08. The third kappa shape index (κ3) is 2.94. The zero-order valence-corrected chi connectivity index (χ0v) is 9.81. The summed E-state index contributed by atoms with van der Waals surface area (Å²) in [4.78, 5) is 4.33. The van der Waals surface area contributed by atoms with E-state index < -0.39 is 0 Å². The lowest BCUT2D eigenvalue weighted by Crippen LogP contribution is -2.03. The topological polar surface area (TPSA) is 43.8 Å². The van der Waals surface area contributed by atoms with Crippen LogP contribution in [-0.4, -0.2) is 21.6 Å². The molecule has 14 heavy (non-hydrogen) atoms. The molecule has 0 saturated heterocycles. The summed E-state index contributed by atoms with van der Waals surface area (Å²) < 4.78 is 2.05. The Morgan fingerprint density at radius 3 is 3.00 bits per heavy atom. The van der Waals surface area contributed by atoms with Crippen LogP contribution in [0.5, 0.6) is 0 Å². The molecule has 0 radical (unpaired) electrons. The number of imidazole rings is 1. The summed E-state index contributed by atoms with van der Waals surface area (Å²) in [5.41, 5.74) is 7.03. The van der Waals surface area contributed by atoms with Crippen LogP contribution in [0.4, 0.5) is 5.82 Å². The van der Waals surface area contributed by atoms with E-state index in [1.165, 1.54) is 12.8 Å². The molecule has 1 heterocycles. The van der Waals surface area contributed by atoms with E-state index in [9.17, 15) is 0 Å². The minimum absolute atomic E-state index is 0.854. The van der Waals surface area contributed by atoms with Crippen molar-refractivity contribution in [3.8, 4) is 0 Å². The van der Waals surface area contributed by atoms with Gasteiger partial charge < -0.3 is 10.3 Å². The van der Waals surface area contributed by atoms with Crippen LogP contribution < -0.4 is 5.73 Å². The average molecular weight is 213 g/mol. The Morgan fingerprint density at radius 1 is 1.57 bits per heavy atom. The smallest absolute Gasteiger partial charge is 0.126 e. The largest absolute Gasteiger partial charge is 0.384 e. The van der Waals surface area contributed by atoms with E-state index >= 15 is 0 Å². The monoisotopic (exact) mass is 213 g/mol. The zero-order valence-electron chi connectivity index (χ0n) is 8.99. The van der Waals surface area contributed by atoms with Crippen LogP contribution in [0.1, 0.15) is 25.5 Å². The highest BCUT2D eigenvalue weighted by Gasteiger charge is 2.05. The Balaban J connectivity index is 2.55. The maximum atomic E-state index is 5.98. The number of nitrogen functional groups attached to an aromatic ring is 1. The molecule has 0 aliphatic carbocycles. The maximum absolute atomic E-state index is 5.98. The molecule has 0 aliphatic rings. The van der Waals surface area contributed by atoms with E-state index in [0.717, 1.165) is 30.2 Å². The second-order valence-electron chi connectivity index (χ2n) is 3.37. The van der Waals surface area contributed by atoms with Crippen molar-refractivity contribution in [2.75, 3.05) is 17.7 Å². The summed E-state index contributed by atoms with van der Waals surface area (Å²) >= 11 is 1.83. The molecular formula is C10H19N3S. The first-order valence-corrected chi connectivity index (χ1v) is 6.47. The van der Waals surface area contributed by atoms with E-state index in [1.54, 1.807) is 0 Å². The summed E-state index contributed by atoms with van der Waals surface area (Å²) in [5, 5.41) is 0. The number of unbranched alkanes of at least 4 members (excludes halogenated alkanes) is 1. The van der Waals surface area contributed by atoms with Crippen LogP contribution in [0.25, 0.3) is 0 Å². The van der Waals surface area contributed by atoms with Gasteiger partial charge in [-0.25, -0.2) is 4.98 Å². The number of hydrogen-bond acceptors (Lipinski definition) is 3.